The van der Waals surface area contributed by atoms with Gasteiger partial charge in [0.05, 0.1) is 17.9 Å². The third-order valence-corrected chi connectivity index (χ3v) is 8.59. The van der Waals surface area contributed by atoms with Crippen molar-refractivity contribution >= 4 is 17.6 Å². The molecule has 1 aliphatic heterocycles. The minimum atomic E-state index is -0.938. The SMILES string of the molecule is CCOC(=O)[C@@H](OC(C)(C)C)c1c(C)nc(C)c(-c2ccc(CN(Cc3ccc(F)cc3)C(C)=O)cc2)c1N1CCC(C)(C)CC1. The molecule has 3 aromatic rings. The number of benzene rings is 2. The molecule has 0 N–H and O–H groups in total. The van der Waals surface area contributed by atoms with Gasteiger partial charge in [-0.15, -0.1) is 0 Å². The number of hydrogen-bond acceptors (Lipinski definition) is 6. The Hall–Kier alpha value is -3.78. The van der Waals surface area contributed by atoms with Crippen molar-refractivity contribution in [3.05, 3.63) is 82.4 Å². The van der Waals surface area contributed by atoms with Crippen LogP contribution in [-0.2, 0) is 32.2 Å². The number of halogens is 1. The van der Waals surface area contributed by atoms with Gasteiger partial charge in [-0.05, 0) is 88.6 Å². The number of ether oxygens (including phenoxy) is 2. The van der Waals surface area contributed by atoms with E-state index in [1.54, 1.807) is 30.9 Å². The number of nitrogens with zero attached hydrogens (tertiary/aromatic N) is 3. The molecule has 2 heterocycles. The molecule has 248 valence electrons. The number of esters is 1. The van der Waals surface area contributed by atoms with E-state index in [1.165, 1.54) is 12.1 Å². The molecule has 1 aliphatic rings. The topological polar surface area (TPSA) is 72.0 Å². The van der Waals surface area contributed by atoms with E-state index in [9.17, 15) is 14.0 Å². The highest BCUT2D eigenvalue weighted by atomic mass is 19.1. The minimum Gasteiger partial charge on any atom is -0.464 e. The smallest absolute Gasteiger partial charge is 0.340 e. The van der Waals surface area contributed by atoms with E-state index < -0.39 is 17.7 Å². The van der Waals surface area contributed by atoms with Crippen molar-refractivity contribution in [2.75, 3.05) is 24.6 Å². The molecule has 1 saturated heterocycles. The fraction of sp³-hybridized carbons (Fsp3) is 0.500. The molecule has 4 rings (SSSR count). The number of anilines is 1. The molecule has 7 nitrogen and oxygen atoms in total. The summed E-state index contributed by atoms with van der Waals surface area (Å²) >= 11 is 0. The molecule has 0 radical (unpaired) electrons. The van der Waals surface area contributed by atoms with Gasteiger partial charge < -0.3 is 19.3 Å². The summed E-state index contributed by atoms with van der Waals surface area (Å²) in [6.45, 7) is 20.5. The van der Waals surface area contributed by atoms with Crippen LogP contribution in [0.2, 0.25) is 0 Å². The molecule has 1 amide bonds. The standard InChI is InChI=1S/C38H50FN3O4/c1-10-45-36(44)35(46-37(5,6)7)33-26(3)40-25(2)32(34(33)41-21-19-38(8,9)20-22-41)30-15-11-28(12-16-30)23-42(27(4)43)24-29-13-17-31(39)18-14-29/h11-18,35H,10,19-24H2,1-9H3/t35-/m0/s1. The number of carbonyl (C=O) groups is 2. The van der Waals surface area contributed by atoms with Gasteiger partial charge in [-0.3, -0.25) is 9.78 Å². The fourth-order valence-corrected chi connectivity index (χ4v) is 6.05. The summed E-state index contributed by atoms with van der Waals surface area (Å²) in [7, 11) is 0. The second-order valence-electron chi connectivity index (χ2n) is 14.1. The highest BCUT2D eigenvalue weighted by Gasteiger charge is 2.37. The van der Waals surface area contributed by atoms with Gasteiger partial charge >= 0.3 is 5.97 Å². The van der Waals surface area contributed by atoms with Crippen molar-refractivity contribution in [1.29, 1.82) is 0 Å². The van der Waals surface area contributed by atoms with Crippen LogP contribution in [0, 0.1) is 25.1 Å². The van der Waals surface area contributed by atoms with Gasteiger partial charge in [-0.2, -0.15) is 0 Å². The number of rotatable bonds is 10. The van der Waals surface area contributed by atoms with Gasteiger partial charge in [0.15, 0.2) is 6.10 Å². The molecule has 0 unspecified atom stereocenters. The van der Waals surface area contributed by atoms with Crippen LogP contribution in [0.3, 0.4) is 0 Å². The van der Waals surface area contributed by atoms with Crippen LogP contribution in [0.25, 0.3) is 11.1 Å². The molecule has 1 fully saturated rings. The van der Waals surface area contributed by atoms with Crippen LogP contribution in [0.1, 0.15) is 95.5 Å². The first-order chi connectivity index (χ1) is 21.6. The Morgan fingerprint density at radius 1 is 0.957 bits per heavy atom. The maximum absolute atomic E-state index is 13.6. The molecule has 0 spiro atoms. The molecule has 2 aromatic carbocycles. The van der Waals surface area contributed by atoms with Crippen molar-refractivity contribution in [3.63, 3.8) is 0 Å². The normalized spacial score (nSPS) is 15.4. The summed E-state index contributed by atoms with van der Waals surface area (Å²) in [4.78, 5) is 35.2. The van der Waals surface area contributed by atoms with Crippen molar-refractivity contribution < 1.29 is 23.5 Å². The van der Waals surface area contributed by atoms with Crippen molar-refractivity contribution in [2.45, 2.75) is 99.9 Å². The van der Waals surface area contributed by atoms with Gasteiger partial charge in [0.25, 0.3) is 0 Å². The van der Waals surface area contributed by atoms with Crippen molar-refractivity contribution in [2.24, 2.45) is 5.41 Å². The lowest BCUT2D eigenvalue weighted by Gasteiger charge is -2.41. The maximum Gasteiger partial charge on any atom is 0.340 e. The van der Waals surface area contributed by atoms with E-state index in [1.807, 2.05) is 46.8 Å². The minimum absolute atomic E-state index is 0.0595. The Morgan fingerprint density at radius 2 is 1.50 bits per heavy atom. The average molecular weight is 632 g/mol. The quantitative estimate of drug-likeness (QED) is 0.211. The molecule has 1 atom stereocenters. The molecule has 46 heavy (non-hydrogen) atoms. The molecule has 0 saturated carbocycles. The monoisotopic (exact) mass is 631 g/mol. The number of carbonyl (C=O) groups excluding carboxylic acids is 2. The molecule has 0 bridgehead atoms. The molecule has 8 heteroatoms. The van der Waals surface area contributed by atoms with Crippen LogP contribution in [-0.4, -0.2) is 47.1 Å². The van der Waals surface area contributed by atoms with Gasteiger partial charge in [-0.25, -0.2) is 9.18 Å². The van der Waals surface area contributed by atoms with E-state index in [0.29, 0.717) is 13.1 Å². The summed E-state index contributed by atoms with van der Waals surface area (Å²) in [5, 5.41) is 0. The van der Waals surface area contributed by atoms with Crippen LogP contribution in [0.5, 0.6) is 0 Å². The Morgan fingerprint density at radius 3 is 2.00 bits per heavy atom. The summed E-state index contributed by atoms with van der Waals surface area (Å²) in [5.41, 5.74) is 6.74. The zero-order chi connectivity index (χ0) is 33.8. The van der Waals surface area contributed by atoms with Gasteiger partial charge in [0.1, 0.15) is 5.82 Å². The fourth-order valence-electron chi connectivity index (χ4n) is 6.05. The van der Waals surface area contributed by atoms with Crippen molar-refractivity contribution in [1.82, 2.24) is 9.88 Å². The van der Waals surface area contributed by atoms with E-state index in [4.69, 9.17) is 14.5 Å². The Bertz CT molecular complexity index is 1520. The van der Waals surface area contributed by atoms with E-state index in [-0.39, 0.29) is 23.7 Å². The zero-order valence-electron chi connectivity index (χ0n) is 29.0. The predicted octanol–water partition coefficient (Wildman–Crippen LogP) is 8.10. The number of aromatic nitrogens is 1. The zero-order valence-corrected chi connectivity index (χ0v) is 29.0. The first-order valence-electron chi connectivity index (χ1n) is 16.3. The first-order valence-corrected chi connectivity index (χ1v) is 16.3. The van der Waals surface area contributed by atoms with E-state index in [2.05, 4.69) is 30.9 Å². The van der Waals surface area contributed by atoms with E-state index >= 15 is 0 Å². The Kier molecular flexibility index (Phi) is 10.9. The number of amides is 1. The largest absolute Gasteiger partial charge is 0.464 e. The van der Waals surface area contributed by atoms with Crippen LogP contribution in [0.4, 0.5) is 10.1 Å². The maximum atomic E-state index is 13.6. The lowest BCUT2D eigenvalue weighted by Crippen LogP contribution is -2.39. The van der Waals surface area contributed by atoms with Gasteiger partial charge in [0, 0.05) is 55.6 Å². The highest BCUT2D eigenvalue weighted by Crippen LogP contribution is 2.45. The third-order valence-electron chi connectivity index (χ3n) is 8.59. The third kappa shape index (κ3) is 8.72. The van der Waals surface area contributed by atoms with Crippen LogP contribution < -0.4 is 4.90 Å². The number of pyridine rings is 1. The number of aryl methyl sites for hydroxylation is 2. The molecule has 0 aliphatic carbocycles. The van der Waals surface area contributed by atoms with Gasteiger partial charge in [0.2, 0.25) is 5.91 Å². The molecular weight excluding hydrogens is 581 g/mol. The lowest BCUT2D eigenvalue weighted by atomic mass is 9.81. The summed E-state index contributed by atoms with van der Waals surface area (Å²) in [5.74, 6) is -0.781. The first kappa shape index (κ1) is 35.1. The molecule has 1 aromatic heterocycles. The Balaban J connectivity index is 1.79. The van der Waals surface area contributed by atoms with E-state index in [0.717, 1.165) is 70.8 Å². The number of hydrogen-bond donors (Lipinski definition) is 0. The number of piperidine rings is 1. The Labute approximate surface area is 274 Å². The second-order valence-corrected chi connectivity index (χ2v) is 14.1. The average Bonchev–Trinajstić information content (AvgIpc) is 2.97. The summed E-state index contributed by atoms with van der Waals surface area (Å²) in [6, 6.07) is 14.4. The summed E-state index contributed by atoms with van der Waals surface area (Å²) < 4.78 is 25.5. The second kappa shape index (κ2) is 14.3. The highest BCUT2D eigenvalue weighted by molar-refractivity contribution is 5.88. The summed E-state index contributed by atoms with van der Waals surface area (Å²) in [6.07, 6.45) is 1.10. The van der Waals surface area contributed by atoms with Crippen LogP contribution >= 0.6 is 0 Å². The van der Waals surface area contributed by atoms with Crippen molar-refractivity contribution in [3.8, 4) is 11.1 Å². The van der Waals surface area contributed by atoms with Gasteiger partial charge in [-0.1, -0.05) is 50.2 Å². The lowest BCUT2D eigenvalue weighted by molar-refractivity contribution is -0.166. The predicted molar refractivity (Wildman–Crippen MR) is 181 cm³/mol. The van der Waals surface area contributed by atoms with Crippen LogP contribution in [0.15, 0.2) is 48.5 Å². The molecular formula is C38H50FN3O4.